The van der Waals surface area contributed by atoms with Gasteiger partial charge in [-0.05, 0) is 45.4 Å². The minimum Gasteiger partial charge on any atom is -0.481 e. The van der Waals surface area contributed by atoms with Crippen molar-refractivity contribution in [1.29, 1.82) is 0 Å². The topological polar surface area (TPSA) is 66.4 Å². The van der Waals surface area contributed by atoms with E-state index in [9.17, 15) is 9.59 Å². The third-order valence-corrected chi connectivity index (χ3v) is 4.28. The molecule has 2 saturated carbocycles. The highest BCUT2D eigenvalue weighted by Crippen LogP contribution is 2.34. The van der Waals surface area contributed by atoms with Crippen molar-refractivity contribution in [2.75, 3.05) is 0 Å². The first-order chi connectivity index (χ1) is 8.00. The Hall–Kier alpha value is -1.06. The highest BCUT2D eigenvalue weighted by molar-refractivity contribution is 5.81. The quantitative estimate of drug-likeness (QED) is 0.791. The number of carboxylic acids is 1. The molecule has 0 aliphatic heterocycles. The number of rotatable bonds is 3. The van der Waals surface area contributed by atoms with Gasteiger partial charge in [0.25, 0.3) is 0 Å². The molecule has 4 heteroatoms. The lowest BCUT2D eigenvalue weighted by Gasteiger charge is -2.40. The molecule has 0 aromatic carbocycles. The predicted molar refractivity (Wildman–Crippen MR) is 63.5 cm³/mol. The molecule has 2 fully saturated rings. The predicted octanol–water partition coefficient (Wildman–Crippen LogP) is 1.94. The van der Waals surface area contributed by atoms with Crippen LogP contribution in [0.2, 0.25) is 0 Å². The van der Waals surface area contributed by atoms with Gasteiger partial charge in [-0.3, -0.25) is 9.59 Å². The van der Waals surface area contributed by atoms with Gasteiger partial charge >= 0.3 is 5.97 Å². The lowest BCUT2D eigenvalue weighted by atomic mass is 9.76. The summed E-state index contributed by atoms with van der Waals surface area (Å²) in [7, 11) is 0. The lowest BCUT2D eigenvalue weighted by molar-refractivity contribution is -0.144. The second-order valence-corrected chi connectivity index (χ2v) is 5.80. The summed E-state index contributed by atoms with van der Waals surface area (Å²) in [5, 5.41) is 12.1. The van der Waals surface area contributed by atoms with Crippen LogP contribution in [0.3, 0.4) is 0 Å². The molecular weight excluding hydrogens is 218 g/mol. The average Bonchev–Trinajstić information content (AvgIpc) is 2.27. The SMILES string of the molecule is CC1(NC(=O)C2CCCC(C(=O)O)C2)CCC1. The van der Waals surface area contributed by atoms with Crippen LogP contribution in [-0.4, -0.2) is 22.5 Å². The molecule has 0 heterocycles. The van der Waals surface area contributed by atoms with Crippen molar-refractivity contribution in [3.05, 3.63) is 0 Å². The maximum atomic E-state index is 12.1. The zero-order valence-corrected chi connectivity index (χ0v) is 10.4. The summed E-state index contributed by atoms with van der Waals surface area (Å²) in [6.45, 7) is 2.08. The first kappa shape index (κ1) is 12.4. The van der Waals surface area contributed by atoms with Crippen LogP contribution < -0.4 is 5.32 Å². The third kappa shape index (κ3) is 2.79. The molecule has 0 radical (unpaired) electrons. The number of hydrogen-bond acceptors (Lipinski definition) is 2. The van der Waals surface area contributed by atoms with Crippen LogP contribution in [0.15, 0.2) is 0 Å². The maximum Gasteiger partial charge on any atom is 0.306 e. The molecule has 17 heavy (non-hydrogen) atoms. The van der Waals surface area contributed by atoms with E-state index in [1.807, 2.05) is 0 Å². The molecule has 96 valence electrons. The average molecular weight is 239 g/mol. The van der Waals surface area contributed by atoms with Crippen LogP contribution >= 0.6 is 0 Å². The molecular formula is C13H21NO3. The number of hydrogen-bond donors (Lipinski definition) is 2. The zero-order chi connectivity index (χ0) is 12.5. The van der Waals surface area contributed by atoms with E-state index in [0.29, 0.717) is 6.42 Å². The Kier molecular flexibility index (Phi) is 3.40. The van der Waals surface area contributed by atoms with E-state index in [-0.39, 0.29) is 23.3 Å². The summed E-state index contributed by atoms with van der Waals surface area (Å²) in [6.07, 6.45) is 6.20. The van der Waals surface area contributed by atoms with Crippen molar-refractivity contribution in [1.82, 2.24) is 5.32 Å². The largest absolute Gasteiger partial charge is 0.481 e. The number of carbonyl (C=O) groups excluding carboxylic acids is 1. The van der Waals surface area contributed by atoms with Crippen molar-refractivity contribution in [2.24, 2.45) is 11.8 Å². The van der Waals surface area contributed by atoms with Crippen molar-refractivity contribution in [3.63, 3.8) is 0 Å². The van der Waals surface area contributed by atoms with Crippen molar-refractivity contribution in [2.45, 2.75) is 57.4 Å². The van der Waals surface area contributed by atoms with Gasteiger partial charge in [-0.1, -0.05) is 6.42 Å². The fourth-order valence-electron chi connectivity index (χ4n) is 2.88. The number of nitrogens with one attached hydrogen (secondary N) is 1. The standard InChI is InChI=1S/C13H21NO3/c1-13(6-3-7-13)14-11(15)9-4-2-5-10(8-9)12(16)17/h9-10H,2-8H2,1H3,(H,14,15)(H,16,17). The van der Waals surface area contributed by atoms with E-state index in [1.165, 1.54) is 6.42 Å². The van der Waals surface area contributed by atoms with Crippen LogP contribution in [0.5, 0.6) is 0 Å². The molecule has 2 rings (SSSR count). The van der Waals surface area contributed by atoms with Crippen molar-refractivity contribution < 1.29 is 14.7 Å². The molecule has 0 spiro atoms. The Balaban J connectivity index is 1.88. The van der Waals surface area contributed by atoms with Crippen LogP contribution in [-0.2, 0) is 9.59 Å². The summed E-state index contributed by atoms with van der Waals surface area (Å²) in [5.74, 6) is -1.11. The van der Waals surface area contributed by atoms with Gasteiger partial charge < -0.3 is 10.4 Å². The van der Waals surface area contributed by atoms with E-state index >= 15 is 0 Å². The lowest BCUT2D eigenvalue weighted by Crippen LogP contribution is -2.53. The monoisotopic (exact) mass is 239 g/mol. The maximum absolute atomic E-state index is 12.1. The van der Waals surface area contributed by atoms with Gasteiger partial charge in [0, 0.05) is 11.5 Å². The summed E-state index contributed by atoms with van der Waals surface area (Å²) in [4.78, 5) is 23.0. The molecule has 0 aromatic heterocycles. The minimum absolute atomic E-state index is 0.0206. The van der Waals surface area contributed by atoms with E-state index in [1.54, 1.807) is 0 Å². The molecule has 2 unspecified atom stereocenters. The normalized spacial score (nSPS) is 31.4. The number of carbonyl (C=O) groups is 2. The Morgan fingerprint density at radius 3 is 2.35 bits per heavy atom. The second kappa shape index (κ2) is 4.67. The molecule has 0 bridgehead atoms. The molecule has 1 amide bonds. The van der Waals surface area contributed by atoms with Crippen molar-refractivity contribution >= 4 is 11.9 Å². The van der Waals surface area contributed by atoms with Crippen LogP contribution in [0.4, 0.5) is 0 Å². The smallest absolute Gasteiger partial charge is 0.306 e. The number of carboxylic acid groups (broad SMARTS) is 1. The first-order valence-electron chi connectivity index (χ1n) is 6.55. The molecule has 2 atom stereocenters. The Bertz CT molecular complexity index is 323. The first-order valence-corrected chi connectivity index (χ1v) is 6.55. The molecule has 2 N–H and O–H groups in total. The summed E-state index contributed by atoms with van der Waals surface area (Å²) in [6, 6.07) is 0. The summed E-state index contributed by atoms with van der Waals surface area (Å²) >= 11 is 0. The molecule has 0 aromatic rings. The van der Waals surface area contributed by atoms with Gasteiger partial charge in [-0.2, -0.15) is 0 Å². The molecule has 2 aliphatic carbocycles. The minimum atomic E-state index is -0.752. The molecule has 2 aliphatic rings. The van der Waals surface area contributed by atoms with E-state index in [2.05, 4.69) is 12.2 Å². The van der Waals surface area contributed by atoms with Crippen molar-refractivity contribution in [3.8, 4) is 0 Å². The van der Waals surface area contributed by atoms with Gasteiger partial charge in [0.15, 0.2) is 0 Å². The highest BCUT2D eigenvalue weighted by Gasteiger charge is 2.37. The highest BCUT2D eigenvalue weighted by atomic mass is 16.4. The van der Waals surface area contributed by atoms with Gasteiger partial charge in [0.2, 0.25) is 5.91 Å². The zero-order valence-electron chi connectivity index (χ0n) is 10.4. The number of aliphatic carboxylic acids is 1. The van der Waals surface area contributed by atoms with Crippen LogP contribution in [0.25, 0.3) is 0 Å². The Morgan fingerprint density at radius 2 is 1.82 bits per heavy atom. The number of amides is 1. The Labute approximate surface area is 102 Å². The molecule has 4 nitrogen and oxygen atoms in total. The fourth-order valence-corrected chi connectivity index (χ4v) is 2.88. The van der Waals surface area contributed by atoms with E-state index in [4.69, 9.17) is 5.11 Å². The van der Waals surface area contributed by atoms with Gasteiger partial charge in [0.1, 0.15) is 0 Å². The van der Waals surface area contributed by atoms with E-state index in [0.717, 1.165) is 32.1 Å². The summed E-state index contributed by atoms with van der Waals surface area (Å²) < 4.78 is 0. The summed E-state index contributed by atoms with van der Waals surface area (Å²) in [5.41, 5.74) is -0.0206. The fraction of sp³-hybridized carbons (Fsp3) is 0.846. The Morgan fingerprint density at radius 1 is 1.18 bits per heavy atom. The second-order valence-electron chi connectivity index (χ2n) is 5.80. The van der Waals surface area contributed by atoms with Gasteiger partial charge in [0.05, 0.1) is 5.92 Å². The van der Waals surface area contributed by atoms with Crippen LogP contribution in [0.1, 0.15) is 51.9 Å². The van der Waals surface area contributed by atoms with Crippen LogP contribution in [0, 0.1) is 11.8 Å². The van der Waals surface area contributed by atoms with Gasteiger partial charge in [-0.15, -0.1) is 0 Å². The van der Waals surface area contributed by atoms with E-state index < -0.39 is 5.97 Å². The third-order valence-electron chi connectivity index (χ3n) is 4.28. The molecule has 0 saturated heterocycles. The van der Waals surface area contributed by atoms with Gasteiger partial charge in [-0.25, -0.2) is 0 Å².